The largest absolute Gasteiger partial charge is 1.00 e. The smallest absolute Gasteiger partial charge is 0.691 e. The number of rotatable bonds is 26. The third kappa shape index (κ3) is 21.5. The number of aliphatic hydroxyl groups excluding tert-OH is 6. The van der Waals surface area contributed by atoms with Crippen molar-refractivity contribution in [3.05, 3.63) is 96.6 Å². The van der Waals surface area contributed by atoms with Crippen LogP contribution in [0, 0.1) is 5.92 Å². The average molecular weight is 1370 g/mol. The molecule has 8 amide bonds. The molecule has 32 nitrogen and oxygen atoms in total. The molecule has 0 aliphatic carbocycles. The summed E-state index contributed by atoms with van der Waals surface area (Å²) < 4.78 is 30.8. The summed E-state index contributed by atoms with van der Waals surface area (Å²) in [4.78, 5) is 116. The fraction of sp³-hybridized carbons (Fsp3) is 0.500. The molecule has 0 spiro atoms. The van der Waals surface area contributed by atoms with Crippen molar-refractivity contribution < 1.29 is 141 Å². The van der Waals surface area contributed by atoms with Gasteiger partial charge in [0.1, 0.15) is 54.3 Å². The van der Waals surface area contributed by atoms with Crippen LogP contribution in [0.25, 0.3) is 22.6 Å². The maximum Gasteiger partial charge on any atom is 1.00 e. The molecule has 3 fully saturated rings. The number of phenolic OH excluding ortho intramolecular Hbond substituents is 1. The van der Waals surface area contributed by atoms with Gasteiger partial charge in [-0.1, -0.05) is 49.4 Å². The van der Waals surface area contributed by atoms with Gasteiger partial charge in [-0.2, -0.15) is 0 Å². The van der Waals surface area contributed by atoms with Crippen molar-refractivity contribution in [2.75, 3.05) is 53.1 Å². The molecule has 3 aliphatic rings. The number of benzene rings is 3. The normalized spacial score (nSPS) is 23.9. The number of nitrogens with one attached hydrogen (secondary N) is 6. The number of ether oxygens (including phenoxy) is 3. The molecule has 13 N–H and O–H groups in total. The van der Waals surface area contributed by atoms with Gasteiger partial charge in [-0.05, 0) is 86.7 Å². The number of hydrogen-bond acceptors (Lipinski definition) is 25. The number of carbonyl (C=O) groups is 8. The van der Waals surface area contributed by atoms with Gasteiger partial charge in [0, 0.05) is 87.8 Å². The molecule has 0 saturated carbocycles. The first kappa shape index (κ1) is 77.5. The zero-order valence-electron chi connectivity index (χ0n) is 53.2. The van der Waals surface area contributed by atoms with Crippen LogP contribution >= 0.6 is 12.3 Å². The van der Waals surface area contributed by atoms with E-state index in [0.29, 0.717) is 34.9 Å². The van der Waals surface area contributed by atoms with Gasteiger partial charge in [0.25, 0.3) is 18.2 Å². The maximum absolute atomic E-state index is 15.0. The summed E-state index contributed by atoms with van der Waals surface area (Å²) in [6.07, 6.45) is -8.75. The number of β-amino-alcohol motifs (C(OH)–C–C–N with tert-alkyl or cyclic N) is 1. The first-order valence-electron chi connectivity index (χ1n) is 30.6. The number of fused-ring (bicyclic) bond motifs is 2. The van der Waals surface area contributed by atoms with Crippen LogP contribution in [-0.4, -0.2) is 224 Å². The Hall–Kier alpha value is -7.48. The molecule has 3 aromatic carbocycles. The molecule has 0 unspecified atom stereocenters. The Balaban J connectivity index is 0.0000146. The number of amides is 8. The Morgan fingerprint density at radius 1 is 0.812 bits per heavy atom. The number of aliphatic hydroxyl groups is 6. The number of aromatic hydroxyl groups is 1. The molecule has 96 heavy (non-hydrogen) atoms. The number of carbonyl (C=O) groups excluding carboxylic acids is 8. The topological polar surface area (TPSA) is 461 Å². The Labute approximate surface area is 578 Å². The van der Waals surface area contributed by atoms with E-state index in [1.807, 2.05) is 24.3 Å². The molecule has 3 saturated heterocycles. The third-order valence-corrected chi connectivity index (χ3v) is 16.4. The van der Waals surface area contributed by atoms with Crippen LogP contribution in [0.4, 0.5) is 4.79 Å². The van der Waals surface area contributed by atoms with Gasteiger partial charge in [-0.25, -0.2) is 4.79 Å². The van der Waals surface area contributed by atoms with Crippen molar-refractivity contribution in [1.29, 1.82) is 0 Å². The molecule has 518 valence electrons. The van der Waals surface area contributed by atoms with Crippen molar-refractivity contribution in [3.8, 4) is 39.8 Å². The van der Waals surface area contributed by atoms with E-state index in [0.717, 1.165) is 61.1 Å². The minimum atomic E-state index is -2.19. The number of unbranched alkanes of at least 4 members (excludes halogenated alkanes) is 3. The second-order valence-corrected chi connectivity index (χ2v) is 23.6. The fourth-order valence-corrected chi connectivity index (χ4v) is 11.2. The number of alkyl carbamates (subject to hydrolysis) is 1. The molecule has 0 radical (unpaired) electrons. The molecule has 3 aliphatic heterocycles. The third-order valence-electron chi connectivity index (χ3n) is 16.0. The monoisotopic (exact) mass is 1370 g/mol. The van der Waals surface area contributed by atoms with E-state index in [1.54, 1.807) is 25.3 Å². The Bertz CT molecular complexity index is 3260. The minimum absolute atomic E-state index is 0. The Morgan fingerprint density at radius 3 is 2.18 bits per heavy atom. The van der Waals surface area contributed by atoms with Gasteiger partial charge in [-0.3, -0.25) is 38.6 Å². The SMILES string of the molecule is C=CCOC(=O)NCC[C@@H](O)[C@@H]1NC(=O)[C@H]([C@H](O)Cc2ccc(O)c(OSOO[O-])c2)NC(=O)[C@@H]2C[C@H](O)CN2C(=O)[C@H]([C@H](C)O)NC(=O)[C@@H](NC(=O)c2ccc(-c3cc(-c4ccc(OCCCCCCOC)cc4)on3)cc2)C[C@H](O)CNC(=O)[C@@H]2[C@@H](O)[C@H](C)CN2C1=O.[Na+]. The van der Waals surface area contributed by atoms with Crippen molar-refractivity contribution in [3.63, 3.8) is 0 Å². The summed E-state index contributed by atoms with van der Waals surface area (Å²) in [6, 6.07) is 6.80. The standard InChI is InChI=1S/C62H81N9O23S.Na/c1-5-22-90-62(86)63-21-20-46(76)52-61(85)71-31-33(2)54(78)53(71)59(83)64-30-39(73)27-43(65-55(79)38-13-11-36(12-14-38)42-29-48(91-69-42)37-15-17-41(18-16-37)89-24-9-7-6-8-23-88-4)56(80)66-50(34(3)72)60(84)70-32-40(74)28-44(70)57(81)67-51(58(82)68-52)47(77)25-35-10-19-45(75)49(26-35)92-95-94-93-87;/h5,10-19,26,29,33-34,39-40,43-44,46-47,50-54,72-78,87H,1,6-9,20-25,27-28,30-32H2,2-4H3,(H,63,86)(H,64,83)(H,65,79)(H,66,80)(H,67,81)(H,68,82);/q;+1/p-1/t33-,34+,39+,40+,43+,44+,46-,47-,50+,51+,52+,53+,54+;/m1./s1. The van der Waals surface area contributed by atoms with E-state index < -0.39 is 177 Å². The molecule has 0 bridgehead atoms. The molecule has 1 aromatic heterocycles. The van der Waals surface area contributed by atoms with Crippen LogP contribution < -0.4 is 75.6 Å². The molecule has 7 rings (SSSR count). The predicted octanol–water partition coefficient (Wildman–Crippen LogP) is -4.28. The van der Waals surface area contributed by atoms with Crippen LogP contribution in [0.15, 0.2) is 90.0 Å². The summed E-state index contributed by atoms with van der Waals surface area (Å²) in [5.74, 6) is -8.75. The average Bonchev–Trinajstić information content (AvgIpc) is 1.97. The number of nitrogens with zero attached hydrogens (tertiary/aromatic N) is 3. The molecule has 13 atom stereocenters. The van der Waals surface area contributed by atoms with Gasteiger partial charge in [-0.15, -0.1) is 4.33 Å². The number of aromatic nitrogens is 1. The van der Waals surface area contributed by atoms with E-state index in [2.05, 4.69) is 53.0 Å². The maximum atomic E-state index is 15.0. The van der Waals surface area contributed by atoms with Crippen LogP contribution in [0.2, 0.25) is 0 Å². The number of methoxy groups -OCH3 is 1. The molecular formula is C62H80N9NaO23S. The first-order valence-corrected chi connectivity index (χ1v) is 31.3. The molecule has 4 heterocycles. The number of phenols is 1. The van der Waals surface area contributed by atoms with E-state index in [-0.39, 0.29) is 71.9 Å². The zero-order chi connectivity index (χ0) is 68.9. The Morgan fingerprint density at radius 2 is 1.49 bits per heavy atom. The number of hydrogen-bond donors (Lipinski definition) is 13. The summed E-state index contributed by atoms with van der Waals surface area (Å²) in [7, 11) is 1.68. The van der Waals surface area contributed by atoms with Gasteiger partial charge in [0.15, 0.2) is 17.3 Å². The van der Waals surface area contributed by atoms with Gasteiger partial charge in [0.2, 0.25) is 35.4 Å². The van der Waals surface area contributed by atoms with Crippen molar-refractivity contribution >= 4 is 59.8 Å². The molecular weight excluding hydrogens is 1290 g/mol. The molecule has 34 heteroatoms. The molecule has 4 aromatic rings. The first-order chi connectivity index (χ1) is 45.5. The van der Waals surface area contributed by atoms with E-state index in [4.69, 9.17) is 22.9 Å². The summed E-state index contributed by atoms with van der Waals surface area (Å²) in [6.45, 7) is 5.02. The van der Waals surface area contributed by atoms with Gasteiger partial charge in [0.05, 0.1) is 43.2 Å². The predicted molar refractivity (Wildman–Crippen MR) is 331 cm³/mol. The quantitative estimate of drug-likeness (QED) is 0.00707. The summed E-state index contributed by atoms with van der Waals surface area (Å²) >= 11 is -0.00245. The van der Waals surface area contributed by atoms with Crippen molar-refractivity contribution in [2.24, 2.45) is 5.92 Å². The van der Waals surface area contributed by atoms with Gasteiger partial charge < -0.3 is 106 Å². The van der Waals surface area contributed by atoms with E-state index in [1.165, 1.54) is 31.2 Å². The van der Waals surface area contributed by atoms with Crippen molar-refractivity contribution in [1.82, 2.24) is 46.9 Å². The van der Waals surface area contributed by atoms with Crippen LogP contribution in [0.1, 0.15) is 74.7 Å². The second-order valence-electron chi connectivity index (χ2n) is 23.1. The zero-order valence-corrected chi connectivity index (χ0v) is 56.1. The van der Waals surface area contributed by atoms with Crippen LogP contribution in [-0.2, 0) is 54.0 Å². The van der Waals surface area contributed by atoms with Crippen molar-refractivity contribution in [2.45, 2.75) is 138 Å². The van der Waals surface area contributed by atoms with Crippen LogP contribution in [0.3, 0.4) is 0 Å². The Kier molecular flexibility index (Phi) is 30.6. The van der Waals surface area contributed by atoms with Gasteiger partial charge >= 0.3 is 35.7 Å². The minimum Gasteiger partial charge on any atom is -0.691 e. The van der Waals surface area contributed by atoms with E-state index >= 15 is 0 Å². The fourth-order valence-electron chi connectivity index (χ4n) is 11.0. The summed E-state index contributed by atoms with van der Waals surface area (Å²) in [5.41, 5.74) is 1.71. The van der Waals surface area contributed by atoms with Crippen LogP contribution in [0.5, 0.6) is 17.2 Å². The second kappa shape index (κ2) is 37.9. The summed E-state index contributed by atoms with van der Waals surface area (Å²) in [5, 5.41) is 112. The van der Waals surface area contributed by atoms with E-state index in [9.17, 15) is 79.4 Å².